The number of nitrogens with one attached hydrogen (secondary N) is 2. The van der Waals surface area contributed by atoms with Gasteiger partial charge in [-0.15, -0.1) is 0 Å². The van der Waals surface area contributed by atoms with Gasteiger partial charge >= 0.3 is 0 Å². The van der Waals surface area contributed by atoms with Crippen LogP contribution in [0.4, 0.5) is 5.95 Å². The minimum atomic E-state index is -0.0267. The highest BCUT2D eigenvalue weighted by atomic mass is 16.1. The average molecular weight is 375 g/mol. The Labute approximate surface area is 161 Å². The molecule has 0 aliphatic carbocycles. The summed E-state index contributed by atoms with van der Waals surface area (Å²) in [4.78, 5) is 24.1. The molecule has 1 saturated heterocycles. The molecule has 0 radical (unpaired) electrons. The van der Waals surface area contributed by atoms with Crippen molar-refractivity contribution in [3.63, 3.8) is 0 Å². The van der Waals surface area contributed by atoms with Crippen molar-refractivity contribution in [2.75, 3.05) is 31.1 Å². The second-order valence-corrected chi connectivity index (χ2v) is 6.95. The maximum absolute atomic E-state index is 12.8. The number of aromatic amines is 1. The first-order valence-corrected chi connectivity index (χ1v) is 9.54. The lowest BCUT2D eigenvalue weighted by atomic mass is 10.0. The second-order valence-electron chi connectivity index (χ2n) is 6.95. The number of fused-ring (bicyclic) bond motifs is 3. The molecule has 0 saturated carbocycles. The summed E-state index contributed by atoms with van der Waals surface area (Å²) in [7, 11) is 0. The van der Waals surface area contributed by atoms with E-state index in [9.17, 15) is 4.79 Å². The highest BCUT2D eigenvalue weighted by Crippen LogP contribution is 2.27. The van der Waals surface area contributed by atoms with Gasteiger partial charge < -0.3 is 14.8 Å². The van der Waals surface area contributed by atoms with Crippen LogP contribution in [0.2, 0.25) is 0 Å². The monoisotopic (exact) mass is 375 g/mol. The van der Waals surface area contributed by atoms with E-state index in [4.69, 9.17) is 0 Å². The first-order chi connectivity index (χ1) is 13.8. The van der Waals surface area contributed by atoms with Gasteiger partial charge in [-0.3, -0.25) is 9.89 Å². The van der Waals surface area contributed by atoms with Crippen molar-refractivity contribution in [3.8, 4) is 11.1 Å². The summed E-state index contributed by atoms with van der Waals surface area (Å²) in [5.74, 6) is 0.760. The standard InChI is InChI=1S/C20H21N7O/c1-2-27-17-9-13(3-4-15(17)18-16(19(27)28)12-24-25-18)14-10-22-20(23-11-14)26-7-5-21-6-8-26/h3-4,9-12,21H,2,5-8H2,1H3,(H,24,25). The number of aromatic nitrogens is 5. The van der Waals surface area contributed by atoms with Crippen molar-refractivity contribution in [1.29, 1.82) is 0 Å². The van der Waals surface area contributed by atoms with Crippen LogP contribution in [0.5, 0.6) is 0 Å². The van der Waals surface area contributed by atoms with E-state index in [1.165, 1.54) is 0 Å². The van der Waals surface area contributed by atoms with Gasteiger partial charge in [0.05, 0.1) is 22.6 Å². The number of benzene rings is 1. The molecule has 2 N–H and O–H groups in total. The van der Waals surface area contributed by atoms with Crippen LogP contribution in [-0.4, -0.2) is 50.9 Å². The second kappa shape index (κ2) is 6.72. The normalized spacial score (nSPS) is 14.8. The Kier molecular flexibility index (Phi) is 4.05. The summed E-state index contributed by atoms with van der Waals surface area (Å²) in [5.41, 5.74) is 3.55. The Morgan fingerprint density at radius 2 is 1.82 bits per heavy atom. The largest absolute Gasteiger partial charge is 0.338 e. The van der Waals surface area contributed by atoms with Crippen LogP contribution in [-0.2, 0) is 6.54 Å². The van der Waals surface area contributed by atoms with E-state index in [0.29, 0.717) is 11.9 Å². The van der Waals surface area contributed by atoms with Gasteiger partial charge in [0.15, 0.2) is 0 Å². The van der Waals surface area contributed by atoms with Crippen LogP contribution in [0.3, 0.4) is 0 Å². The molecular weight excluding hydrogens is 354 g/mol. The molecule has 5 rings (SSSR count). The van der Waals surface area contributed by atoms with Crippen LogP contribution in [0.1, 0.15) is 6.92 Å². The number of H-pyrrole nitrogens is 1. The first kappa shape index (κ1) is 16.9. The summed E-state index contributed by atoms with van der Waals surface area (Å²) >= 11 is 0. The van der Waals surface area contributed by atoms with Gasteiger partial charge in [-0.2, -0.15) is 5.10 Å². The van der Waals surface area contributed by atoms with Crippen LogP contribution in [0.25, 0.3) is 32.9 Å². The molecule has 8 nitrogen and oxygen atoms in total. The molecule has 1 fully saturated rings. The third kappa shape index (κ3) is 2.65. The van der Waals surface area contributed by atoms with Crippen LogP contribution in [0, 0.1) is 0 Å². The molecule has 1 aliphatic heterocycles. The van der Waals surface area contributed by atoms with Gasteiger partial charge in [-0.1, -0.05) is 12.1 Å². The Morgan fingerprint density at radius 1 is 1.04 bits per heavy atom. The van der Waals surface area contributed by atoms with E-state index in [1.807, 2.05) is 37.5 Å². The molecule has 142 valence electrons. The number of pyridine rings is 1. The van der Waals surface area contributed by atoms with E-state index in [-0.39, 0.29) is 5.56 Å². The molecule has 8 heteroatoms. The molecule has 28 heavy (non-hydrogen) atoms. The lowest BCUT2D eigenvalue weighted by Gasteiger charge is -2.27. The van der Waals surface area contributed by atoms with Crippen molar-refractivity contribution < 1.29 is 0 Å². The molecule has 4 aromatic rings. The molecule has 0 atom stereocenters. The number of anilines is 1. The molecule has 3 aromatic heterocycles. The Morgan fingerprint density at radius 3 is 2.57 bits per heavy atom. The highest BCUT2D eigenvalue weighted by Gasteiger charge is 2.15. The minimum absolute atomic E-state index is 0.0267. The van der Waals surface area contributed by atoms with Crippen LogP contribution < -0.4 is 15.8 Å². The van der Waals surface area contributed by atoms with Crippen LogP contribution >= 0.6 is 0 Å². The SMILES string of the molecule is CCn1c(=O)c2cn[nH]c2c2ccc(-c3cnc(N4CCNCC4)nc3)cc21. The number of rotatable bonds is 3. The van der Waals surface area contributed by atoms with E-state index < -0.39 is 0 Å². The summed E-state index contributed by atoms with van der Waals surface area (Å²) in [6, 6.07) is 6.10. The summed E-state index contributed by atoms with van der Waals surface area (Å²) < 4.78 is 1.78. The first-order valence-electron chi connectivity index (χ1n) is 9.54. The van der Waals surface area contributed by atoms with E-state index >= 15 is 0 Å². The van der Waals surface area contributed by atoms with Gasteiger partial charge in [-0.05, 0) is 18.6 Å². The maximum Gasteiger partial charge on any atom is 0.262 e. The van der Waals surface area contributed by atoms with Crippen molar-refractivity contribution in [3.05, 3.63) is 47.1 Å². The summed E-state index contributed by atoms with van der Waals surface area (Å²) in [6.45, 7) is 6.30. The number of hydrogen-bond acceptors (Lipinski definition) is 6. The Balaban J connectivity index is 1.59. The zero-order valence-corrected chi connectivity index (χ0v) is 15.6. The van der Waals surface area contributed by atoms with Gasteiger partial charge in [0.1, 0.15) is 0 Å². The number of nitrogens with zero attached hydrogens (tertiary/aromatic N) is 5. The quantitative estimate of drug-likeness (QED) is 0.567. The summed E-state index contributed by atoms with van der Waals surface area (Å²) in [6.07, 6.45) is 5.31. The summed E-state index contributed by atoms with van der Waals surface area (Å²) in [5, 5.41) is 11.9. The molecular formula is C20H21N7O. The topological polar surface area (TPSA) is 91.7 Å². The zero-order chi connectivity index (χ0) is 19.1. The highest BCUT2D eigenvalue weighted by molar-refractivity contribution is 6.04. The molecule has 1 aliphatic rings. The van der Waals surface area contributed by atoms with E-state index in [1.54, 1.807) is 10.8 Å². The molecule has 0 spiro atoms. The van der Waals surface area contributed by atoms with Crippen LogP contribution in [0.15, 0.2) is 41.6 Å². The fourth-order valence-electron chi connectivity index (χ4n) is 3.87. The number of aryl methyl sites for hydroxylation is 1. The van der Waals surface area contributed by atoms with Gasteiger partial charge in [0.2, 0.25) is 5.95 Å². The molecule has 0 amide bonds. The lowest BCUT2D eigenvalue weighted by molar-refractivity contribution is 0.580. The third-order valence-electron chi connectivity index (χ3n) is 5.36. The Bertz CT molecular complexity index is 1200. The maximum atomic E-state index is 12.8. The van der Waals surface area contributed by atoms with Crippen molar-refractivity contribution in [2.24, 2.45) is 0 Å². The molecule has 4 heterocycles. The minimum Gasteiger partial charge on any atom is -0.338 e. The number of piperazine rings is 1. The predicted octanol–water partition coefficient (Wildman–Crippen LogP) is 1.76. The predicted molar refractivity (Wildman–Crippen MR) is 110 cm³/mol. The van der Waals surface area contributed by atoms with E-state index in [0.717, 1.165) is 59.7 Å². The molecule has 0 bridgehead atoms. The number of hydrogen-bond donors (Lipinski definition) is 2. The molecule has 0 unspecified atom stereocenters. The van der Waals surface area contributed by atoms with Gasteiger partial charge in [-0.25, -0.2) is 9.97 Å². The average Bonchev–Trinajstić information content (AvgIpc) is 3.25. The van der Waals surface area contributed by atoms with Crippen molar-refractivity contribution in [2.45, 2.75) is 13.5 Å². The van der Waals surface area contributed by atoms with Gasteiger partial charge in [0.25, 0.3) is 5.56 Å². The van der Waals surface area contributed by atoms with E-state index in [2.05, 4.69) is 30.4 Å². The zero-order valence-electron chi connectivity index (χ0n) is 15.6. The van der Waals surface area contributed by atoms with Crippen molar-refractivity contribution in [1.82, 2.24) is 30.0 Å². The fraction of sp³-hybridized carbons (Fsp3) is 0.300. The third-order valence-corrected chi connectivity index (χ3v) is 5.36. The lowest BCUT2D eigenvalue weighted by Crippen LogP contribution is -2.44. The van der Waals surface area contributed by atoms with Gasteiger partial charge in [0, 0.05) is 56.1 Å². The molecule has 1 aromatic carbocycles. The Hall–Kier alpha value is -3.26. The smallest absolute Gasteiger partial charge is 0.262 e. The fourth-order valence-corrected chi connectivity index (χ4v) is 3.87. The van der Waals surface area contributed by atoms with Crippen molar-refractivity contribution >= 4 is 27.8 Å².